The Hall–Kier alpha value is -5.94. The summed E-state index contributed by atoms with van der Waals surface area (Å²) in [4.78, 5) is 43.3. The van der Waals surface area contributed by atoms with Gasteiger partial charge in [0.15, 0.2) is 0 Å². The molecule has 7 rings (SSSR count). The molecule has 0 radical (unpaired) electrons. The van der Waals surface area contributed by atoms with Crippen LogP contribution in [0.1, 0.15) is 47.2 Å². The topological polar surface area (TPSA) is 118 Å². The summed E-state index contributed by atoms with van der Waals surface area (Å²) in [5, 5.41) is 16.6. The zero-order chi connectivity index (χ0) is 39.3. The van der Waals surface area contributed by atoms with Gasteiger partial charge in [-0.25, -0.2) is 9.36 Å². The van der Waals surface area contributed by atoms with Gasteiger partial charge in [-0.3, -0.25) is 19.1 Å². The number of nitriles is 1. The summed E-state index contributed by atoms with van der Waals surface area (Å²) in [5.74, 6) is -0.528. The van der Waals surface area contributed by atoms with Crippen molar-refractivity contribution in [2.45, 2.75) is 37.9 Å². The van der Waals surface area contributed by atoms with Gasteiger partial charge in [-0.2, -0.15) is 23.5 Å². The van der Waals surface area contributed by atoms with Gasteiger partial charge in [0.1, 0.15) is 11.3 Å². The van der Waals surface area contributed by atoms with Crippen LogP contribution in [0.25, 0.3) is 22.8 Å². The van der Waals surface area contributed by atoms with Gasteiger partial charge in [0.25, 0.3) is 11.5 Å². The number of piperidine rings is 2. The van der Waals surface area contributed by atoms with E-state index in [1.165, 1.54) is 34.7 Å². The van der Waals surface area contributed by atoms with E-state index in [0.717, 1.165) is 47.2 Å². The highest BCUT2D eigenvalue weighted by molar-refractivity contribution is 6.00. The molecule has 2 aromatic heterocycles. The van der Waals surface area contributed by atoms with E-state index in [0.29, 0.717) is 42.9 Å². The number of hydrogen-bond acceptors (Lipinski definition) is 5. The van der Waals surface area contributed by atoms with Crippen molar-refractivity contribution in [1.29, 1.82) is 5.26 Å². The molecule has 2 aliphatic heterocycles. The molecule has 5 aromatic rings. The molecule has 11 nitrogen and oxygen atoms in total. The van der Waals surface area contributed by atoms with Gasteiger partial charge >= 0.3 is 6.18 Å². The number of carbonyl (C=O) groups excluding carboxylic acids is 2. The summed E-state index contributed by atoms with van der Waals surface area (Å²) in [6, 6.07) is 26.2. The van der Waals surface area contributed by atoms with Gasteiger partial charge in [-0.1, -0.05) is 42.5 Å². The van der Waals surface area contributed by atoms with E-state index >= 15 is 0 Å². The van der Waals surface area contributed by atoms with E-state index in [1.54, 1.807) is 30.3 Å². The Morgan fingerprint density at radius 3 is 2.07 bits per heavy atom. The highest BCUT2D eigenvalue weighted by atomic mass is 19.4. The maximum Gasteiger partial charge on any atom is 0.416 e. The SMILES string of the molecule is Cn1c(-c2ccnn2-c2ccc(C#N)cc2)c(C(=O)NC2CCN(C(=O)C3CC[N+](C)(C)CC3)CC2)c(=O)n1-c1cccc(C(F)(F)F)c1.c1ccccc1. The smallest absolute Gasteiger partial charge is 0.349 e. The van der Waals surface area contributed by atoms with Crippen molar-refractivity contribution < 1.29 is 27.2 Å². The van der Waals surface area contributed by atoms with E-state index < -0.39 is 23.2 Å². The second-order valence-corrected chi connectivity index (χ2v) is 14.6. The van der Waals surface area contributed by atoms with E-state index in [4.69, 9.17) is 0 Å². The number of hydrogen-bond donors (Lipinski definition) is 1. The fraction of sp³-hybridized carbons (Fsp3) is 0.341. The molecular formula is C41H44F3N8O3+. The number of halogens is 3. The molecule has 4 heterocycles. The van der Waals surface area contributed by atoms with E-state index in [-0.39, 0.29) is 34.8 Å². The van der Waals surface area contributed by atoms with Crippen molar-refractivity contribution in [3.05, 3.63) is 124 Å². The first kappa shape index (κ1) is 38.8. The van der Waals surface area contributed by atoms with Crippen molar-refractivity contribution in [2.24, 2.45) is 13.0 Å². The first-order chi connectivity index (χ1) is 26.3. The number of likely N-dealkylation sites (tertiary alicyclic amines) is 2. The lowest BCUT2D eigenvalue weighted by Gasteiger charge is -2.39. The lowest BCUT2D eigenvalue weighted by molar-refractivity contribution is -0.895. The summed E-state index contributed by atoms with van der Waals surface area (Å²) in [6.07, 6.45) is -0.476. The summed E-state index contributed by atoms with van der Waals surface area (Å²) >= 11 is 0. The number of carbonyl (C=O) groups is 2. The van der Waals surface area contributed by atoms with Crippen LogP contribution in [0.5, 0.6) is 0 Å². The van der Waals surface area contributed by atoms with Crippen molar-refractivity contribution in [3.8, 4) is 28.8 Å². The van der Waals surface area contributed by atoms with Gasteiger partial charge in [0.2, 0.25) is 5.91 Å². The van der Waals surface area contributed by atoms with Gasteiger partial charge in [0, 0.05) is 44.9 Å². The molecule has 2 aliphatic rings. The molecule has 286 valence electrons. The third kappa shape index (κ3) is 8.73. The second-order valence-electron chi connectivity index (χ2n) is 14.6. The number of rotatable bonds is 6. The van der Waals surface area contributed by atoms with Crippen molar-refractivity contribution >= 4 is 11.8 Å². The highest BCUT2D eigenvalue weighted by Gasteiger charge is 2.36. The predicted octanol–water partition coefficient (Wildman–Crippen LogP) is 5.81. The Labute approximate surface area is 317 Å². The summed E-state index contributed by atoms with van der Waals surface area (Å²) < 4.78 is 45.8. The Morgan fingerprint density at radius 1 is 0.873 bits per heavy atom. The van der Waals surface area contributed by atoms with Crippen molar-refractivity contribution in [3.63, 3.8) is 0 Å². The minimum absolute atomic E-state index is 0.000518. The number of nitrogens with one attached hydrogen (secondary N) is 1. The molecule has 0 bridgehead atoms. The van der Waals surface area contributed by atoms with Crippen LogP contribution in [0.15, 0.2) is 102 Å². The zero-order valence-corrected chi connectivity index (χ0v) is 31.0. The molecule has 55 heavy (non-hydrogen) atoms. The fourth-order valence-corrected chi connectivity index (χ4v) is 7.23. The fourth-order valence-electron chi connectivity index (χ4n) is 7.23. The number of nitrogens with zero attached hydrogens (tertiary/aromatic N) is 7. The highest BCUT2D eigenvalue weighted by Crippen LogP contribution is 2.32. The Kier molecular flexibility index (Phi) is 11.4. The molecule has 0 aliphatic carbocycles. The first-order valence-electron chi connectivity index (χ1n) is 18.2. The van der Waals surface area contributed by atoms with Crippen molar-refractivity contribution in [2.75, 3.05) is 40.3 Å². The van der Waals surface area contributed by atoms with E-state index in [9.17, 15) is 32.8 Å². The van der Waals surface area contributed by atoms with Crippen LogP contribution in [0.2, 0.25) is 0 Å². The molecule has 3 aromatic carbocycles. The van der Waals surface area contributed by atoms with Gasteiger partial charge in [0.05, 0.1) is 67.6 Å². The van der Waals surface area contributed by atoms with E-state index in [1.807, 2.05) is 41.3 Å². The molecule has 1 N–H and O–H groups in total. The molecule has 2 saturated heterocycles. The van der Waals surface area contributed by atoms with Crippen LogP contribution in [0.4, 0.5) is 13.2 Å². The molecule has 2 amide bonds. The molecule has 14 heteroatoms. The molecule has 0 spiro atoms. The lowest BCUT2D eigenvalue weighted by Crippen LogP contribution is -2.52. The average Bonchev–Trinajstić information content (AvgIpc) is 3.77. The quantitative estimate of drug-likeness (QED) is 0.220. The Bertz CT molecular complexity index is 2190. The van der Waals surface area contributed by atoms with Crippen LogP contribution < -0.4 is 10.9 Å². The zero-order valence-electron chi connectivity index (χ0n) is 31.0. The number of aromatic nitrogens is 4. The van der Waals surface area contributed by atoms with Crippen LogP contribution >= 0.6 is 0 Å². The van der Waals surface area contributed by atoms with Crippen LogP contribution in [-0.4, -0.2) is 86.7 Å². The minimum Gasteiger partial charge on any atom is -0.349 e. The first-order valence-corrected chi connectivity index (χ1v) is 18.2. The van der Waals surface area contributed by atoms with Crippen molar-refractivity contribution in [1.82, 2.24) is 29.4 Å². The Balaban J connectivity index is 0.000000782. The number of alkyl halides is 3. The molecular weight excluding hydrogens is 709 g/mol. The third-order valence-electron chi connectivity index (χ3n) is 10.4. The van der Waals surface area contributed by atoms with Gasteiger partial charge < -0.3 is 14.7 Å². The Morgan fingerprint density at radius 2 is 1.49 bits per heavy atom. The van der Waals surface area contributed by atoms with Crippen LogP contribution in [0.3, 0.4) is 0 Å². The number of quaternary nitrogens is 1. The van der Waals surface area contributed by atoms with Gasteiger partial charge in [-0.15, -0.1) is 0 Å². The second kappa shape index (κ2) is 16.2. The lowest BCUT2D eigenvalue weighted by atomic mass is 9.93. The number of amides is 2. The normalized spacial score (nSPS) is 16.1. The predicted molar refractivity (Wildman–Crippen MR) is 201 cm³/mol. The molecule has 0 saturated carbocycles. The molecule has 0 atom stereocenters. The van der Waals surface area contributed by atoms with E-state index in [2.05, 4.69) is 30.6 Å². The van der Waals surface area contributed by atoms with Crippen LogP contribution in [0, 0.1) is 17.2 Å². The van der Waals surface area contributed by atoms with Crippen LogP contribution in [-0.2, 0) is 18.0 Å². The third-order valence-corrected chi connectivity index (χ3v) is 10.4. The average molecular weight is 754 g/mol. The maximum absolute atomic E-state index is 14.1. The maximum atomic E-state index is 14.1. The summed E-state index contributed by atoms with van der Waals surface area (Å²) in [7, 11) is 5.84. The standard InChI is InChI=1S/C35H37F3N8O3.C6H6/c1-42-31(29-11-16-40-44(29)27-9-7-23(22-39)8-10-27)30(34(49)45(42)28-6-4-5-25(21-28)35(36,37)38)32(47)41-26-12-17-43(18-13-26)33(48)24-14-19-46(2,3)20-15-24;1-2-4-6-5-3-1/h4-11,16,21,24,26H,12-15,17-20H2,1-3H3;1-6H/p+1. The van der Waals surface area contributed by atoms with Gasteiger partial charge in [-0.05, 0) is 61.4 Å². The molecule has 0 unspecified atom stereocenters. The largest absolute Gasteiger partial charge is 0.416 e. The summed E-state index contributed by atoms with van der Waals surface area (Å²) in [5.41, 5.74) is -0.598. The monoisotopic (exact) mass is 753 g/mol. The molecule has 2 fully saturated rings. The minimum atomic E-state index is -4.65. The number of benzene rings is 3. The summed E-state index contributed by atoms with van der Waals surface area (Å²) in [6.45, 7) is 2.84.